The lowest BCUT2D eigenvalue weighted by Gasteiger charge is -2.45. The van der Waals surface area contributed by atoms with Crippen LogP contribution < -0.4 is 0 Å². The minimum atomic E-state index is -5.12. The van der Waals surface area contributed by atoms with Crippen molar-refractivity contribution < 1.29 is 40.8 Å². The first-order valence-corrected chi connectivity index (χ1v) is 13.7. The van der Waals surface area contributed by atoms with Crippen LogP contribution in [0.3, 0.4) is 0 Å². The van der Waals surface area contributed by atoms with Crippen LogP contribution in [0.25, 0.3) is 0 Å². The van der Waals surface area contributed by atoms with Gasteiger partial charge in [-0.15, -0.1) is 0 Å². The van der Waals surface area contributed by atoms with Crippen LogP contribution in [0, 0.1) is 24.5 Å². The number of alkyl halides is 4. The summed E-state index contributed by atoms with van der Waals surface area (Å²) in [7, 11) is 0. The number of likely N-dealkylation sites (tertiary alicyclic amines) is 1. The number of fused-ring (bicyclic) bond motifs is 3. The third-order valence-electron chi connectivity index (χ3n) is 9.48. The van der Waals surface area contributed by atoms with Gasteiger partial charge < -0.3 is 10.0 Å². The molecular weight excluding hydrogens is 529 g/mol. The van der Waals surface area contributed by atoms with E-state index in [-0.39, 0.29) is 24.3 Å². The van der Waals surface area contributed by atoms with E-state index in [1.165, 1.54) is 24.3 Å². The monoisotopic (exact) mass is 566 g/mol. The molecule has 0 aromatic heterocycles. The topological polar surface area (TPSA) is 57.6 Å². The number of aliphatic carboxylic acids is 1. The fourth-order valence-corrected chi connectivity index (χ4v) is 7.15. The lowest BCUT2D eigenvalue weighted by molar-refractivity contribution is -0.228. The zero-order valence-electron chi connectivity index (χ0n) is 25.2. The number of rotatable bonds is 5. The van der Waals surface area contributed by atoms with E-state index in [0.29, 0.717) is 75.1 Å². The molecule has 40 heavy (non-hydrogen) atoms. The summed E-state index contributed by atoms with van der Waals surface area (Å²) in [4.78, 5) is 27.1. The van der Waals surface area contributed by atoms with E-state index in [0.717, 1.165) is 12.1 Å². The molecule has 0 radical (unpaired) electrons. The van der Waals surface area contributed by atoms with Crippen LogP contribution in [-0.4, -0.2) is 40.6 Å². The maximum atomic E-state index is 15.0. The van der Waals surface area contributed by atoms with E-state index >= 15 is 0 Å². The van der Waals surface area contributed by atoms with Gasteiger partial charge in [0.25, 0.3) is 0 Å². The summed E-state index contributed by atoms with van der Waals surface area (Å²) >= 11 is 0. The Morgan fingerprint density at radius 3 is 2.40 bits per heavy atom. The minimum Gasteiger partial charge on any atom is -0.481 e. The van der Waals surface area contributed by atoms with Crippen molar-refractivity contribution in [2.75, 3.05) is 6.54 Å². The normalized spacial score (nSPS) is 29.4. The van der Waals surface area contributed by atoms with Crippen molar-refractivity contribution in [2.24, 2.45) is 11.8 Å². The number of carbonyl (C=O) groups excluding carboxylic acids is 1. The van der Waals surface area contributed by atoms with Crippen molar-refractivity contribution in [3.05, 3.63) is 70.0 Å². The number of amides is 1. The molecule has 5 rings (SSSR count). The standard InChI is InChI=1S/C31H34F5NO3/c1-18-15-19(3-11-25(18)32)17-30-13-14-37(27(38)20-4-6-21(7-5-20)28(39)40)26(30)12-8-22-16-23(9-10-24(22)30)29(2,33)31(34,35)36/h3,9-11,15-16,20-21,26H,4-8,12-14,17H2,1-2H3,(H,39,40)/t20-,21-,26?,29?,30?/i1D3. The Kier molecular flexibility index (Phi) is 6.29. The summed E-state index contributed by atoms with van der Waals surface area (Å²) in [5.41, 5.74) is -3.62. The first-order valence-electron chi connectivity index (χ1n) is 15.2. The molecule has 2 fully saturated rings. The Morgan fingerprint density at radius 1 is 1.05 bits per heavy atom. The lowest BCUT2D eigenvalue weighted by Crippen LogP contribution is -2.51. The average Bonchev–Trinajstić information content (AvgIpc) is 3.31. The van der Waals surface area contributed by atoms with Crippen LogP contribution in [0.1, 0.15) is 77.4 Å². The molecule has 1 heterocycles. The molecule has 2 aliphatic carbocycles. The third kappa shape index (κ3) is 4.79. The number of hydrogen-bond acceptors (Lipinski definition) is 2. The van der Waals surface area contributed by atoms with Crippen molar-refractivity contribution >= 4 is 11.9 Å². The summed E-state index contributed by atoms with van der Waals surface area (Å²) < 4.78 is 93.3. The molecular formula is C31H34F5NO3. The molecule has 1 saturated heterocycles. The SMILES string of the molecule is [2H]C([2H])([2H])c1cc(CC23CCN(C(=O)[C@H]4CC[C@H](C(=O)O)CC4)C2CCc2cc(C(C)(F)C(F)(F)F)ccc23)ccc1F. The van der Waals surface area contributed by atoms with Crippen LogP contribution in [0.15, 0.2) is 36.4 Å². The molecule has 9 heteroatoms. The van der Waals surface area contributed by atoms with Crippen LogP contribution in [-0.2, 0) is 33.5 Å². The van der Waals surface area contributed by atoms with Gasteiger partial charge in [-0.2, -0.15) is 13.2 Å². The van der Waals surface area contributed by atoms with E-state index in [1.807, 2.05) is 0 Å². The van der Waals surface area contributed by atoms with Crippen LogP contribution in [0.5, 0.6) is 0 Å². The molecule has 1 N–H and O–H groups in total. The maximum Gasteiger partial charge on any atom is 0.426 e. The van der Waals surface area contributed by atoms with E-state index in [4.69, 9.17) is 4.11 Å². The number of aryl methyl sites for hydroxylation is 2. The predicted molar refractivity (Wildman–Crippen MR) is 139 cm³/mol. The number of hydrogen-bond donors (Lipinski definition) is 1. The highest BCUT2D eigenvalue weighted by atomic mass is 19.4. The van der Waals surface area contributed by atoms with Crippen LogP contribution >= 0.6 is 0 Å². The number of benzene rings is 2. The lowest BCUT2D eigenvalue weighted by atomic mass is 9.63. The number of carboxylic acids is 1. The largest absolute Gasteiger partial charge is 0.481 e. The summed E-state index contributed by atoms with van der Waals surface area (Å²) in [6.45, 7) is -1.87. The summed E-state index contributed by atoms with van der Waals surface area (Å²) in [6.07, 6.45) is -2.10. The van der Waals surface area contributed by atoms with Gasteiger partial charge in [0.1, 0.15) is 5.82 Å². The molecule has 1 saturated carbocycles. The van der Waals surface area contributed by atoms with E-state index in [9.17, 15) is 36.6 Å². The maximum absolute atomic E-state index is 15.0. The summed E-state index contributed by atoms with van der Waals surface area (Å²) in [5.74, 6) is -2.67. The number of carbonyl (C=O) groups is 2. The fraction of sp³-hybridized carbons (Fsp3) is 0.548. The number of halogens is 5. The Hall–Kier alpha value is -2.97. The van der Waals surface area contributed by atoms with Crippen molar-refractivity contribution in [3.8, 4) is 0 Å². The first kappa shape index (κ1) is 24.8. The van der Waals surface area contributed by atoms with Gasteiger partial charge in [0, 0.05) is 28.0 Å². The second kappa shape index (κ2) is 10.1. The average molecular weight is 567 g/mol. The zero-order chi connectivity index (χ0) is 31.5. The van der Waals surface area contributed by atoms with Crippen LogP contribution in [0.4, 0.5) is 22.0 Å². The van der Waals surface area contributed by atoms with Gasteiger partial charge in [-0.25, -0.2) is 8.78 Å². The van der Waals surface area contributed by atoms with Gasteiger partial charge in [0.15, 0.2) is 0 Å². The van der Waals surface area contributed by atoms with Crippen molar-refractivity contribution in [1.29, 1.82) is 0 Å². The fourth-order valence-electron chi connectivity index (χ4n) is 7.15. The number of nitrogens with zero attached hydrogens (tertiary/aromatic N) is 1. The molecule has 0 spiro atoms. The quantitative estimate of drug-likeness (QED) is 0.405. The predicted octanol–water partition coefficient (Wildman–Crippen LogP) is 6.80. The zero-order valence-corrected chi connectivity index (χ0v) is 22.2. The minimum absolute atomic E-state index is 0.0912. The van der Waals surface area contributed by atoms with Gasteiger partial charge in [0.2, 0.25) is 11.6 Å². The highest BCUT2D eigenvalue weighted by Gasteiger charge is 2.56. The molecule has 3 atom stereocenters. The number of carboxylic acid groups (broad SMARTS) is 1. The Morgan fingerprint density at radius 2 is 1.75 bits per heavy atom. The van der Waals surface area contributed by atoms with Gasteiger partial charge >= 0.3 is 12.1 Å². The van der Waals surface area contributed by atoms with Crippen molar-refractivity contribution in [3.63, 3.8) is 0 Å². The van der Waals surface area contributed by atoms with Crippen molar-refractivity contribution in [2.45, 2.75) is 88.4 Å². The molecule has 1 amide bonds. The first-order chi connectivity index (χ1) is 20.0. The molecule has 1 aliphatic heterocycles. The van der Waals surface area contributed by atoms with E-state index < -0.39 is 52.9 Å². The van der Waals surface area contributed by atoms with Gasteiger partial charge in [-0.05, 0) is 99.0 Å². The smallest absolute Gasteiger partial charge is 0.426 e. The molecule has 0 bridgehead atoms. The molecule has 4 nitrogen and oxygen atoms in total. The highest BCUT2D eigenvalue weighted by molar-refractivity contribution is 5.80. The summed E-state index contributed by atoms with van der Waals surface area (Å²) in [5, 5.41) is 9.36. The Balaban J connectivity index is 1.54. The van der Waals surface area contributed by atoms with Gasteiger partial charge in [0.05, 0.1) is 5.92 Å². The van der Waals surface area contributed by atoms with E-state index in [1.54, 1.807) is 4.90 Å². The second-order valence-electron chi connectivity index (χ2n) is 11.7. The van der Waals surface area contributed by atoms with Gasteiger partial charge in [-0.3, -0.25) is 9.59 Å². The Labute approximate surface area is 234 Å². The molecule has 2 aromatic rings. The van der Waals surface area contributed by atoms with Crippen LogP contribution in [0.2, 0.25) is 0 Å². The van der Waals surface area contributed by atoms with E-state index in [2.05, 4.69) is 0 Å². The van der Waals surface area contributed by atoms with Crippen molar-refractivity contribution in [1.82, 2.24) is 4.90 Å². The highest BCUT2D eigenvalue weighted by Crippen LogP contribution is 2.51. The molecule has 216 valence electrons. The molecule has 3 unspecified atom stereocenters. The molecule has 2 aromatic carbocycles. The summed E-state index contributed by atoms with van der Waals surface area (Å²) in [6, 6.07) is 7.36. The van der Waals surface area contributed by atoms with Gasteiger partial charge in [-0.1, -0.05) is 30.3 Å². The third-order valence-corrected chi connectivity index (χ3v) is 9.48. The Bertz CT molecular complexity index is 1420. The second-order valence-corrected chi connectivity index (χ2v) is 11.7. The molecule has 3 aliphatic rings.